The number of amides is 1. The van der Waals surface area contributed by atoms with Gasteiger partial charge in [-0.1, -0.05) is 50.2 Å². The van der Waals surface area contributed by atoms with Gasteiger partial charge in [-0.3, -0.25) is 4.79 Å². The number of carbonyl (C=O) groups is 1. The van der Waals surface area contributed by atoms with E-state index in [1.54, 1.807) is 0 Å². The lowest BCUT2D eigenvalue weighted by Crippen LogP contribution is -2.42. The minimum absolute atomic E-state index is 0.0607. The molecule has 0 radical (unpaired) electrons. The summed E-state index contributed by atoms with van der Waals surface area (Å²) in [7, 11) is 0. The molecule has 1 aromatic heterocycles. The Morgan fingerprint density at radius 1 is 1.07 bits per heavy atom. The third-order valence-corrected chi connectivity index (χ3v) is 5.99. The van der Waals surface area contributed by atoms with E-state index in [0.29, 0.717) is 6.04 Å². The first-order valence-corrected chi connectivity index (χ1v) is 10.3. The topological polar surface area (TPSA) is 38.1 Å². The summed E-state index contributed by atoms with van der Waals surface area (Å²) < 4.78 is 2.31. The SMILES string of the molecule is Cc1ccc2ncn(C3CCN(C(=O)[C@H](c4ccccc4)C(C)C)CC3)c2c1. The van der Waals surface area contributed by atoms with E-state index in [2.05, 4.69) is 65.6 Å². The zero-order valence-corrected chi connectivity index (χ0v) is 17.0. The predicted molar refractivity (Wildman–Crippen MR) is 113 cm³/mol. The van der Waals surface area contributed by atoms with Crippen LogP contribution in [0, 0.1) is 12.8 Å². The van der Waals surface area contributed by atoms with Crippen molar-refractivity contribution in [3.05, 3.63) is 66.0 Å². The Balaban J connectivity index is 1.48. The van der Waals surface area contributed by atoms with Crippen LogP contribution in [-0.4, -0.2) is 33.4 Å². The second-order valence-electron chi connectivity index (χ2n) is 8.33. The predicted octanol–water partition coefficient (Wildman–Crippen LogP) is 4.95. The lowest BCUT2D eigenvalue weighted by Gasteiger charge is -2.36. The van der Waals surface area contributed by atoms with Crippen molar-refractivity contribution in [2.24, 2.45) is 5.92 Å². The summed E-state index contributed by atoms with van der Waals surface area (Å²) in [6, 6.07) is 17.0. The van der Waals surface area contributed by atoms with Gasteiger partial charge in [-0.05, 0) is 48.9 Å². The number of hydrogen-bond donors (Lipinski definition) is 0. The quantitative estimate of drug-likeness (QED) is 0.647. The maximum atomic E-state index is 13.3. The summed E-state index contributed by atoms with van der Waals surface area (Å²) in [6.07, 6.45) is 3.92. The van der Waals surface area contributed by atoms with E-state index in [9.17, 15) is 4.79 Å². The Morgan fingerprint density at radius 2 is 1.79 bits per heavy atom. The average molecular weight is 376 g/mol. The van der Waals surface area contributed by atoms with Gasteiger partial charge >= 0.3 is 0 Å². The normalized spacial score (nSPS) is 16.6. The van der Waals surface area contributed by atoms with Crippen LogP contribution in [0.1, 0.15) is 49.8 Å². The Kier molecular flexibility index (Phi) is 5.21. The van der Waals surface area contributed by atoms with Crippen LogP contribution < -0.4 is 0 Å². The summed E-state index contributed by atoms with van der Waals surface area (Å²) in [5, 5.41) is 0. The molecule has 146 valence electrons. The summed E-state index contributed by atoms with van der Waals surface area (Å²) >= 11 is 0. The van der Waals surface area contributed by atoms with Gasteiger partial charge in [0.2, 0.25) is 5.91 Å². The highest BCUT2D eigenvalue weighted by Gasteiger charge is 2.31. The van der Waals surface area contributed by atoms with Crippen LogP contribution in [0.3, 0.4) is 0 Å². The highest BCUT2D eigenvalue weighted by Crippen LogP contribution is 2.31. The molecule has 0 aliphatic carbocycles. The zero-order valence-electron chi connectivity index (χ0n) is 17.0. The standard InChI is InChI=1S/C24H29N3O/c1-17(2)23(19-7-5-4-6-8-19)24(28)26-13-11-20(12-14-26)27-16-25-21-10-9-18(3)15-22(21)27/h4-10,15-17,20,23H,11-14H2,1-3H3/t23-/m0/s1. The fourth-order valence-electron chi connectivity index (χ4n) is 4.46. The van der Waals surface area contributed by atoms with Crippen molar-refractivity contribution in [3.63, 3.8) is 0 Å². The molecule has 0 spiro atoms. The van der Waals surface area contributed by atoms with E-state index in [1.165, 1.54) is 11.1 Å². The third-order valence-electron chi connectivity index (χ3n) is 5.99. The van der Waals surface area contributed by atoms with Crippen molar-refractivity contribution in [1.29, 1.82) is 0 Å². The first-order chi connectivity index (χ1) is 13.5. The Morgan fingerprint density at radius 3 is 2.46 bits per heavy atom. The molecule has 0 bridgehead atoms. The summed E-state index contributed by atoms with van der Waals surface area (Å²) in [5.41, 5.74) is 4.63. The maximum absolute atomic E-state index is 13.3. The van der Waals surface area contributed by atoms with Crippen molar-refractivity contribution >= 4 is 16.9 Å². The second-order valence-corrected chi connectivity index (χ2v) is 8.33. The number of hydrogen-bond acceptors (Lipinski definition) is 2. The summed E-state index contributed by atoms with van der Waals surface area (Å²) in [4.78, 5) is 19.9. The molecule has 1 atom stereocenters. The smallest absolute Gasteiger partial charge is 0.230 e. The third kappa shape index (κ3) is 3.56. The van der Waals surface area contributed by atoms with Crippen LogP contribution in [0.15, 0.2) is 54.9 Å². The van der Waals surface area contributed by atoms with E-state index in [4.69, 9.17) is 0 Å². The summed E-state index contributed by atoms with van der Waals surface area (Å²) in [6.45, 7) is 8.02. The molecule has 0 unspecified atom stereocenters. The van der Waals surface area contributed by atoms with Gasteiger partial charge in [-0.25, -0.2) is 4.98 Å². The van der Waals surface area contributed by atoms with E-state index in [1.807, 2.05) is 24.5 Å². The molecule has 1 fully saturated rings. The van der Waals surface area contributed by atoms with Crippen LogP contribution >= 0.6 is 0 Å². The zero-order chi connectivity index (χ0) is 19.7. The molecule has 4 nitrogen and oxygen atoms in total. The fraction of sp³-hybridized carbons (Fsp3) is 0.417. The van der Waals surface area contributed by atoms with Crippen molar-refractivity contribution < 1.29 is 4.79 Å². The Bertz CT molecular complexity index is 952. The van der Waals surface area contributed by atoms with Gasteiger partial charge in [-0.15, -0.1) is 0 Å². The highest BCUT2D eigenvalue weighted by atomic mass is 16.2. The van der Waals surface area contributed by atoms with Gasteiger partial charge in [0, 0.05) is 19.1 Å². The minimum Gasteiger partial charge on any atom is -0.342 e. The minimum atomic E-state index is -0.0607. The molecule has 1 amide bonds. The van der Waals surface area contributed by atoms with Crippen LogP contribution in [0.4, 0.5) is 0 Å². The van der Waals surface area contributed by atoms with E-state index >= 15 is 0 Å². The lowest BCUT2D eigenvalue weighted by atomic mass is 9.86. The molecule has 4 heteroatoms. The molecule has 28 heavy (non-hydrogen) atoms. The van der Waals surface area contributed by atoms with Crippen LogP contribution in [-0.2, 0) is 4.79 Å². The first kappa shape index (κ1) is 18.7. The number of aryl methyl sites for hydroxylation is 1. The number of nitrogens with zero attached hydrogens (tertiary/aromatic N) is 3. The molecule has 2 aromatic carbocycles. The monoisotopic (exact) mass is 375 g/mol. The largest absolute Gasteiger partial charge is 0.342 e. The van der Waals surface area contributed by atoms with Gasteiger partial charge < -0.3 is 9.47 Å². The molecule has 3 aromatic rings. The molecular formula is C24H29N3O. The van der Waals surface area contributed by atoms with Crippen LogP contribution in [0.25, 0.3) is 11.0 Å². The molecule has 1 saturated heterocycles. The van der Waals surface area contributed by atoms with Gasteiger partial charge in [0.05, 0.1) is 23.3 Å². The second kappa shape index (κ2) is 7.78. The van der Waals surface area contributed by atoms with Crippen molar-refractivity contribution in [2.45, 2.75) is 45.6 Å². The number of carbonyl (C=O) groups excluding carboxylic acids is 1. The summed E-state index contributed by atoms with van der Waals surface area (Å²) in [5.74, 6) is 0.494. The van der Waals surface area contributed by atoms with E-state index < -0.39 is 0 Å². The Labute approximate surface area is 167 Å². The van der Waals surface area contributed by atoms with Gasteiger partial charge in [-0.2, -0.15) is 0 Å². The molecule has 2 heterocycles. The van der Waals surface area contributed by atoms with Gasteiger partial charge in [0.1, 0.15) is 0 Å². The van der Waals surface area contributed by atoms with E-state index in [-0.39, 0.29) is 17.7 Å². The van der Waals surface area contributed by atoms with Crippen LogP contribution in [0.5, 0.6) is 0 Å². The van der Waals surface area contributed by atoms with Gasteiger partial charge in [0.15, 0.2) is 0 Å². The van der Waals surface area contributed by atoms with Crippen molar-refractivity contribution in [2.75, 3.05) is 13.1 Å². The van der Waals surface area contributed by atoms with Crippen LogP contribution in [0.2, 0.25) is 0 Å². The maximum Gasteiger partial charge on any atom is 0.230 e. The van der Waals surface area contributed by atoms with Crippen molar-refractivity contribution in [1.82, 2.24) is 14.5 Å². The molecule has 4 rings (SSSR count). The average Bonchev–Trinajstić information content (AvgIpc) is 3.12. The molecule has 1 aliphatic heterocycles. The number of piperidine rings is 1. The molecule has 0 saturated carbocycles. The number of rotatable bonds is 4. The molecular weight excluding hydrogens is 346 g/mol. The lowest BCUT2D eigenvalue weighted by molar-refractivity contribution is -0.135. The fourth-order valence-corrected chi connectivity index (χ4v) is 4.46. The van der Waals surface area contributed by atoms with E-state index in [0.717, 1.165) is 37.0 Å². The molecule has 0 N–H and O–H groups in total. The number of aromatic nitrogens is 2. The number of likely N-dealkylation sites (tertiary alicyclic amines) is 1. The first-order valence-electron chi connectivity index (χ1n) is 10.3. The molecule has 1 aliphatic rings. The van der Waals surface area contributed by atoms with Gasteiger partial charge in [0.25, 0.3) is 0 Å². The number of fused-ring (bicyclic) bond motifs is 1. The highest BCUT2D eigenvalue weighted by molar-refractivity contribution is 5.84. The number of benzene rings is 2. The van der Waals surface area contributed by atoms with Crippen molar-refractivity contribution in [3.8, 4) is 0 Å². The Hall–Kier alpha value is -2.62. The number of imidazole rings is 1.